The SMILES string of the molecule is CS(=O)(=O)c1ccc(Br)nc1F. The van der Waals surface area contributed by atoms with Gasteiger partial charge in [-0.25, -0.2) is 13.4 Å². The number of halogens is 2. The minimum Gasteiger partial charge on any atom is -0.224 e. The summed E-state index contributed by atoms with van der Waals surface area (Å²) in [4.78, 5) is 2.93. The molecule has 0 aliphatic rings. The highest BCUT2D eigenvalue weighted by Gasteiger charge is 2.14. The topological polar surface area (TPSA) is 47.0 Å². The van der Waals surface area contributed by atoms with Crippen LogP contribution in [0.1, 0.15) is 0 Å². The van der Waals surface area contributed by atoms with Gasteiger partial charge in [-0.2, -0.15) is 4.39 Å². The Hall–Kier alpha value is -0.490. The van der Waals surface area contributed by atoms with Crippen LogP contribution in [0.15, 0.2) is 21.6 Å². The quantitative estimate of drug-likeness (QED) is 0.711. The maximum Gasteiger partial charge on any atom is 0.232 e. The molecule has 6 heteroatoms. The van der Waals surface area contributed by atoms with Gasteiger partial charge >= 0.3 is 0 Å². The number of hydrogen-bond donors (Lipinski definition) is 0. The molecule has 0 amide bonds. The van der Waals surface area contributed by atoms with E-state index >= 15 is 0 Å². The molecule has 1 rings (SSSR count). The van der Waals surface area contributed by atoms with E-state index in [1.54, 1.807) is 0 Å². The van der Waals surface area contributed by atoms with E-state index in [0.717, 1.165) is 6.26 Å². The van der Waals surface area contributed by atoms with E-state index in [1.165, 1.54) is 12.1 Å². The number of nitrogens with zero attached hydrogens (tertiary/aromatic N) is 1. The number of pyridine rings is 1. The van der Waals surface area contributed by atoms with E-state index in [-0.39, 0.29) is 9.50 Å². The molecule has 0 radical (unpaired) electrons. The summed E-state index contributed by atoms with van der Waals surface area (Å²) < 4.78 is 34.8. The fraction of sp³-hybridized carbons (Fsp3) is 0.167. The number of aromatic nitrogens is 1. The van der Waals surface area contributed by atoms with Crippen LogP contribution in [0.4, 0.5) is 4.39 Å². The monoisotopic (exact) mass is 253 g/mol. The number of sulfone groups is 1. The molecule has 0 saturated carbocycles. The normalized spacial score (nSPS) is 11.6. The molecule has 1 aromatic rings. The Kier molecular flexibility index (Phi) is 2.48. The summed E-state index contributed by atoms with van der Waals surface area (Å²) in [6.45, 7) is 0. The second kappa shape index (κ2) is 3.10. The fourth-order valence-electron chi connectivity index (χ4n) is 0.676. The largest absolute Gasteiger partial charge is 0.232 e. The molecule has 0 atom stereocenters. The lowest BCUT2D eigenvalue weighted by molar-refractivity contribution is 0.538. The maximum atomic E-state index is 12.8. The van der Waals surface area contributed by atoms with Gasteiger partial charge in [-0.05, 0) is 28.1 Å². The molecule has 66 valence electrons. The summed E-state index contributed by atoms with van der Waals surface area (Å²) in [5.41, 5.74) is 0. The van der Waals surface area contributed by atoms with Crippen molar-refractivity contribution in [3.05, 3.63) is 22.7 Å². The second-order valence-corrected chi connectivity index (χ2v) is 4.99. The van der Waals surface area contributed by atoms with E-state index in [4.69, 9.17) is 0 Å². The predicted molar refractivity (Wildman–Crippen MR) is 45.0 cm³/mol. The molecule has 0 aliphatic heterocycles. The lowest BCUT2D eigenvalue weighted by Gasteiger charge is -1.98. The third-order valence-corrected chi connectivity index (χ3v) is 2.73. The molecule has 0 bridgehead atoms. The van der Waals surface area contributed by atoms with E-state index in [9.17, 15) is 12.8 Å². The lowest BCUT2D eigenvalue weighted by atomic mass is 10.5. The van der Waals surface area contributed by atoms with Gasteiger partial charge in [0.15, 0.2) is 9.84 Å². The van der Waals surface area contributed by atoms with Gasteiger partial charge in [0.2, 0.25) is 5.95 Å². The van der Waals surface area contributed by atoms with Crippen LogP contribution in [0.5, 0.6) is 0 Å². The van der Waals surface area contributed by atoms with Crippen LogP contribution in [0.3, 0.4) is 0 Å². The summed E-state index contributed by atoms with van der Waals surface area (Å²) in [7, 11) is -3.51. The number of rotatable bonds is 1. The van der Waals surface area contributed by atoms with Gasteiger partial charge in [-0.15, -0.1) is 0 Å². The molecule has 0 unspecified atom stereocenters. The van der Waals surface area contributed by atoms with E-state index in [2.05, 4.69) is 20.9 Å². The van der Waals surface area contributed by atoms with Gasteiger partial charge < -0.3 is 0 Å². The smallest absolute Gasteiger partial charge is 0.224 e. The molecule has 0 saturated heterocycles. The van der Waals surface area contributed by atoms with Crippen molar-refractivity contribution in [2.24, 2.45) is 0 Å². The fourth-order valence-corrected chi connectivity index (χ4v) is 1.63. The zero-order valence-corrected chi connectivity index (χ0v) is 8.49. The van der Waals surface area contributed by atoms with Gasteiger partial charge in [-0.3, -0.25) is 0 Å². The molecular weight excluding hydrogens is 249 g/mol. The van der Waals surface area contributed by atoms with Gasteiger partial charge in [0.05, 0.1) is 0 Å². The average molecular weight is 254 g/mol. The van der Waals surface area contributed by atoms with Crippen LogP contribution in [0.2, 0.25) is 0 Å². The Morgan fingerprint density at radius 3 is 2.50 bits per heavy atom. The van der Waals surface area contributed by atoms with Crippen LogP contribution in [-0.2, 0) is 9.84 Å². The highest BCUT2D eigenvalue weighted by Crippen LogP contribution is 2.15. The number of hydrogen-bond acceptors (Lipinski definition) is 3. The average Bonchev–Trinajstić information content (AvgIpc) is 1.83. The molecule has 1 heterocycles. The van der Waals surface area contributed by atoms with Crippen molar-refractivity contribution in [2.75, 3.05) is 6.26 Å². The highest BCUT2D eigenvalue weighted by molar-refractivity contribution is 9.10. The summed E-state index contributed by atoms with van der Waals surface area (Å²) >= 11 is 2.92. The first-order valence-electron chi connectivity index (χ1n) is 2.93. The molecule has 0 N–H and O–H groups in total. The Morgan fingerprint density at radius 2 is 2.08 bits per heavy atom. The third kappa shape index (κ3) is 2.01. The van der Waals surface area contributed by atoms with E-state index < -0.39 is 15.8 Å². The molecule has 0 fully saturated rings. The summed E-state index contributed by atoms with van der Waals surface area (Å²) in [6.07, 6.45) is 0.932. The Labute approximate surface area is 77.7 Å². The van der Waals surface area contributed by atoms with Crippen LogP contribution in [0.25, 0.3) is 0 Å². The van der Waals surface area contributed by atoms with Crippen LogP contribution in [0, 0.1) is 5.95 Å². The van der Waals surface area contributed by atoms with Crippen LogP contribution < -0.4 is 0 Å². The first-order chi connectivity index (χ1) is 5.41. The maximum absolute atomic E-state index is 12.8. The Morgan fingerprint density at radius 1 is 1.50 bits per heavy atom. The molecule has 1 aromatic heterocycles. The van der Waals surface area contributed by atoms with Crippen LogP contribution in [-0.4, -0.2) is 19.7 Å². The van der Waals surface area contributed by atoms with Gasteiger partial charge in [0.25, 0.3) is 0 Å². The minimum atomic E-state index is -3.51. The van der Waals surface area contributed by atoms with Crippen LogP contribution >= 0.6 is 15.9 Å². The standard InChI is InChI=1S/C6H5BrFNO2S/c1-12(10,11)4-2-3-5(7)9-6(4)8/h2-3H,1H3. The van der Waals surface area contributed by atoms with Gasteiger partial charge in [0, 0.05) is 6.26 Å². The molecular formula is C6H5BrFNO2S. The second-order valence-electron chi connectivity index (χ2n) is 2.20. The molecule has 0 aromatic carbocycles. The van der Waals surface area contributed by atoms with Crippen molar-refractivity contribution in [3.8, 4) is 0 Å². The predicted octanol–water partition coefficient (Wildman–Crippen LogP) is 1.39. The Bertz CT molecular complexity index is 404. The Balaban J connectivity index is 3.39. The first kappa shape index (κ1) is 9.60. The third-order valence-electron chi connectivity index (χ3n) is 1.18. The van der Waals surface area contributed by atoms with Crippen molar-refractivity contribution in [1.29, 1.82) is 0 Å². The summed E-state index contributed by atoms with van der Waals surface area (Å²) in [6, 6.07) is 2.54. The minimum absolute atomic E-state index is 0.271. The lowest BCUT2D eigenvalue weighted by Crippen LogP contribution is -2.02. The highest BCUT2D eigenvalue weighted by atomic mass is 79.9. The van der Waals surface area contributed by atoms with Crippen molar-refractivity contribution in [1.82, 2.24) is 4.98 Å². The van der Waals surface area contributed by atoms with Crippen molar-refractivity contribution in [3.63, 3.8) is 0 Å². The van der Waals surface area contributed by atoms with Crippen molar-refractivity contribution < 1.29 is 12.8 Å². The van der Waals surface area contributed by atoms with E-state index in [0.29, 0.717) is 0 Å². The molecule has 0 spiro atoms. The molecule has 0 aliphatic carbocycles. The van der Waals surface area contributed by atoms with Crippen molar-refractivity contribution in [2.45, 2.75) is 4.90 Å². The summed E-state index contributed by atoms with van der Waals surface area (Å²) in [5, 5.41) is 0. The first-order valence-corrected chi connectivity index (χ1v) is 5.62. The van der Waals surface area contributed by atoms with Gasteiger partial charge in [0.1, 0.15) is 9.50 Å². The van der Waals surface area contributed by atoms with Crippen molar-refractivity contribution >= 4 is 25.8 Å². The molecule has 3 nitrogen and oxygen atoms in total. The summed E-state index contributed by atoms with van der Waals surface area (Å²) in [5.74, 6) is -0.980. The molecule has 12 heavy (non-hydrogen) atoms. The van der Waals surface area contributed by atoms with Gasteiger partial charge in [-0.1, -0.05) is 0 Å². The zero-order valence-electron chi connectivity index (χ0n) is 6.08. The zero-order chi connectivity index (χ0) is 9.35. The van der Waals surface area contributed by atoms with E-state index in [1.807, 2.05) is 0 Å².